The van der Waals surface area contributed by atoms with Gasteiger partial charge in [-0.3, -0.25) is 0 Å². The van der Waals surface area contributed by atoms with E-state index in [1.807, 2.05) is 0 Å². The van der Waals surface area contributed by atoms with E-state index in [1.165, 1.54) is 6.08 Å². The van der Waals surface area contributed by atoms with Gasteiger partial charge in [-0.1, -0.05) is 6.58 Å². The predicted octanol–water partition coefficient (Wildman–Crippen LogP) is 0.0218. The Morgan fingerprint density at radius 1 is 1.64 bits per heavy atom. The molecule has 1 saturated carbocycles. The molecule has 5 heteroatoms. The summed E-state index contributed by atoms with van der Waals surface area (Å²) in [5.74, 6) is -0.0306. The van der Waals surface area contributed by atoms with Crippen molar-refractivity contribution in [2.24, 2.45) is 10.1 Å². The summed E-state index contributed by atoms with van der Waals surface area (Å²) in [6.07, 6.45) is 2.63. The van der Waals surface area contributed by atoms with Gasteiger partial charge in [0, 0.05) is 0 Å². The van der Waals surface area contributed by atoms with E-state index in [9.17, 15) is 8.42 Å². The molecule has 0 saturated heterocycles. The zero-order valence-corrected chi connectivity index (χ0v) is 6.84. The second-order valence-corrected chi connectivity index (χ2v) is 4.31. The van der Waals surface area contributed by atoms with Gasteiger partial charge in [-0.05, 0) is 18.9 Å². The average Bonchev–Trinajstić information content (AvgIpc) is 2.66. The maximum absolute atomic E-state index is 11.0. The average molecular weight is 174 g/mol. The van der Waals surface area contributed by atoms with Crippen molar-refractivity contribution in [3.63, 3.8) is 0 Å². The molecule has 0 radical (unpaired) electrons. The molecule has 1 fully saturated rings. The molecule has 0 unspecified atom stereocenters. The SMILES string of the molecule is C=CC(N)=NS(=O)(=O)C1CC1. The first kappa shape index (κ1) is 8.26. The standard InChI is InChI=1S/C6H10N2O2S/c1-2-6(7)8-11(9,10)5-3-4-5/h2,5H,1,3-4H2,(H2,7,8). The van der Waals surface area contributed by atoms with Gasteiger partial charge in [-0.25, -0.2) is 8.42 Å². The minimum Gasteiger partial charge on any atom is -0.383 e. The molecule has 2 N–H and O–H groups in total. The molecule has 4 nitrogen and oxygen atoms in total. The van der Waals surface area contributed by atoms with Crippen molar-refractivity contribution >= 4 is 15.9 Å². The van der Waals surface area contributed by atoms with Crippen LogP contribution in [0.2, 0.25) is 0 Å². The lowest BCUT2D eigenvalue weighted by atomic mass is 10.6. The molecule has 0 aromatic carbocycles. The van der Waals surface area contributed by atoms with Gasteiger partial charge in [-0.15, -0.1) is 4.40 Å². The fraction of sp³-hybridized carbons (Fsp3) is 0.500. The quantitative estimate of drug-likeness (QED) is 0.484. The van der Waals surface area contributed by atoms with Crippen molar-refractivity contribution in [3.05, 3.63) is 12.7 Å². The van der Waals surface area contributed by atoms with Crippen LogP contribution in [0.4, 0.5) is 0 Å². The second-order valence-electron chi connectivity index (χ2n) is 2.43. The van der Waals surface area contributed by atoms with Gasteiger partial charge >= 0.3 is 0 Å². The third-order valence-corrected chi connectivity index (χ3v) is 3.17. The predicted molar refractivity (Wildman–Crippen MR) is 43.8 cm³/mol. The molecule has 0 aliphatic heterocycles. The van der Waals surface area contributed by atoms with Crippen LogP contribution in [-0.2, 0) is 10.0 Å². The number of amidine groups is 1. The first-order chi connectivity index (χ1) is 5.06. The summed E-state index contributed by atoms with van der Waals surface area (Å²) in [6.45, 7) is 3.30. The van der Waals surface area contributed by atoms with E-state index in [0.717, 1.165) is 0 Å². The number of sulfonamides is 1. The summed E-state index contributed by atoms with van der Waals surface area (Å²) in [4.78, 5) is 0. The first-order valence-corrected chi connectivity index (χ1v) is 4.78. The highest BCUT2D eigenvalue weighted by molar-refractivity contribution is 7.91. The molecule has 1 aliphatic rings. The van der Waals surface area contributed by atoms with E-state index in [2.05, 4.69) is 11.0 Å². The van der Waals surface area contributed by atoms with Crippen LogP contribution < -0.4 is 5.73 Å². The first-order valence-electron chi connectivity index (χ1n) is 3.28. The molecule has 0 heterocycles. The van der Waals surface area contributed by atoms with Crippen LogP contribution in [0.1, 0.15) is 12.8 Å². The van der Waals surface area contributed by atoms with Crippen molar-refractivity contribution in [2.45, 2.75) is 18.1 Å². The normalized spacial score (nSPS) is 19.8. The minimum atomic E-state index is -3.31. The minimum absolute atomic E-state index is 0.0306. The van der Waals surface area contributed by atoms with Crippen molar-refractivity contribution in [1.29, 1.82) is 0 Å². The van der Waals surface area contributed by atoms with Gasteiger partial charge in [0.2, 0.25) is 0 Å². The molecule has 0 aromatic heterocycles. The van der Waals surface area contributed by atoms with Gasteiger partial charge in [0.15, 0.2) is 0 Å². The lowest BCUT2D eigenvalue weighted by Gasteiger charge is -1.93. The van der Waals surface area contributed by atoms with Gasteiger partial charge < -0.3 is 5.73 Å². The molecule has 0 spiro atoms. The van der Waals surface area contributed by atoms with Crippen LogP contribution in [0.5, 0.6) is 0 Å². The Kier molecular flexibility index (Phi) is 1.99. The largest absolute Gasteiger partial charge is 0.383 e. The van der Waals surface area contributed by atoms with E-state index in [4.69, 9.17) is 5.73 Å². The summed E-state index contributed by atoms with van der Waals surface area (Å²) in [7, 11) is -3.31. The van der Waals surface area contributed by atoms with Crippen molar-refractivity contribution in [3.8, 4) is 0 Å². The van der Waals surface area contributed by atoms with Crippen LogP contribution in [0.3, 0.4) is 0 Å². The number of nitrogens with zero attached hydrogens (tertiary/aromatic N) is 1. The molecule has 62 valence electrons. The van der Waals surface area contributed by atoms with Crippen molar-refractivity contribution < 1.29 is 8.42 Å². The maximum atomic E-state index is 11.0. The van der Waals surface area contributed by atoms with Crippen LogP contribution in [-0.4, -0.2) is 19.5 Å². The highest BCUT2D eigenvalue weighted by atomic mass is 32.2. The Labute approximate surface area is 65.9 Å². The van der Waals surface area contributed by atoms with Gasteiger partial charge in [-0.2, -0.15) is 0 Å². The highest BCUT2D eigenvalue weighted by Crippen LogP contribution is 2.29. The molecule has 0 aromatic rings. The lowest BCUT2D eigenvalue weighted by Crippen LogP contribution is -2.13. The zero-order valence-electron chi connectivity index (χ0n) is 6.03. The molecule has 0 amide bonds. The number of hydrogen-bond acceptors (Lipinski definition) is 2. The third-order valence-electron chi connectivity index (χ3n) is 1.39. The van der Waals surface area contributed by atoms with Crippen molar-refractivity contribution in [2.75, 3.05) is 0 Å². The van der Waals surface area contributed by atoms with E-state index in [0.29, 0.717) is 12.8 Å². The molecule has 1 aliphatic carbocycles. The van der Waals surface area contributed by atoms with Crippen LogP contribution in [0, 0.1) is 0 Å². The van der Waals surface area contributed by atoms with E-state index >= 15 is 0 Å². The van der Waals surface area contributed by atoms with Crippen LogP contribution in [0.25, 0.3) is 0 Å². The summed E-state index contributed by atoms with van der Waals surface area (Å²) >= 11 is 0. The molecule has 0 atom stereocenters. The molecule has 0 bridgehead atoms. The molecular weight excluding hydrogens is 164 g/mol. The number of rotatable bonds is 3. The fourth-order valence-corrected chi connectivity index (χ4v) is 1.87. The Hall–Kier alpha value is -0.840. The zero-order chi connectivity index (χ0) is 8.48. The van der Waals surface area contributed by atoms with Gasteiger partial charge in [0.05, 0.1) is 5.25 Å². The van der Waals surface area contributed by atoms with Crippen LogP contribution >= 0.6 is 0 Å². The summed E-state index contributed by atoms with van der Waals surface area (Å²) in [5.41, 5.74) is 5.18. The monoisotopic (exact) mass is 174 g/mol. The topological polar surface area (TPSA) is 72.5 Å². The Morgan fingerprint density at radius 3 is 2.55 bits per heavy atom. The fourth-order valence-electron chi connectivity index (χ4n) is 0.625. The molecule has 11 heavy (non-hydrogen) atoms. The van der Waals surface area contributed by atoms with Crippen molar-refractivity contribution in [1.82, 2.24) is 0 Å². The lowest BCUT2D eigenvalue weighted by molar-refractivity contribution is 0.597. The number of nitrogens with two attached hydrogens (primary N) is 1. The Morgan fingerprint density at radius 2 is 2.18 bits per heavy atom. The smallest absolute Gasteiger partial charge is 0.257 e. The summed E-state index contributed by atoms with van der Waals surface area (Å²) < 4.78 is 25.4. The summed E-state index contributed by atoms with van der Waals surface area (Å²) in [5, 5.41) is -0.291. The Balaban J connectivity index is 2.81. The van der Waals surface area contributed by atoms with Gasteiger partial charge in [0.1, 0.15) is 5.84 Å². The molecular formula is C6H10N2O2S. The van der Waals surface area contributed by atoms with E-state index < -0.39 is 10.0 Å². The van der Waals surface area contributed by atoms with Gasteiger partial charge in [0.25, 0.3) is 10.0 Å². The number of hydrogen-bond donors (Lipinski definition) is 1. The summed E-state index contributed by atoms with van der Waals surface area (Å²) in [6, 6.07) is 0. The van der Waals surface area contributed by atoms with Crippen LogP contribution in [0.15, 0.2) is 17.1 Å². The highest BCUT2D eigenvalue weighted by Gasteiger charge is 2.35. The van der Waals surface area contributed by atoms with E-state index in [-0.39, 0.29) is 11.1 Å². The Bertz CT molecular complexity index is 288. The third kappa shape index (κ3) is 2.04. The maximum Gasteiger partial charge on any atom is 0.257 e. The second kappa shape index (κ2) is 2.65. The molecule has 1 rings (SSSR count). The van der Waals surface area contributed by atoms with E-state index in [1.54, 1.807) is 0 Å².